The maximum atomic E-state index is 10.4. The van der Waals surface area contributed by atoms with Crippen molar-refractivity contribution in [1.29, 1.82) is 0 Å². The summed E-state index contributed by atoms with van der Waals surface area (Å²) in [5.74, 6) is -0.191. The minimum Gasteiger partial charge on any atom is -0.393 e. The normalized spacial score (nSPS) is 53.6. The van der Waals surface area contributed by atoms with Gasteiger partial charge in [-0.1, -0.05) is 13.8 Å². The summed E-state index contributed by atoms with van der Waals surface area (Å²) < 4.78 is 0. The van der Waals surface area contributed by atoms with E-state index in [1.807, 2.05) is 0 Å². The van der Waals surface area contributed by atoms with Gasteiger partial charge in [0.1, 0.15) is 11.2 Å². The van der Waals surface area contributed by atoms with Gasteiger partial charge in [0.2, 0.25) is 0 Å². The Bertz CT molecular complexity index is 284. The van der Waals surface area contributed by atoms with Crippen molar-refractivity contribution in [2.45, 2.75) is 49.6 Å². The molecule has 1 aliphatic rings. The van der Waals surface area contributed by atoms with Gasteiger partial charge in [-0.25, -0.2) is 0 Å². The van der Waals surface area contributed by atoms with Gasteiger partial charge in [-0.15, -0.1) is 0 Å². The molecule has 0 aliphatic heterocycles. The zero-order valence-electron chi connectivity index (χ0n) is 10.0. The summed E-state index contributed by atoms with van der Waals surface area (Å²) in [5, 5.41) is 30.0. The van der Waals surface area contributed by atoms with Crippen LogP contribution in [0.15, 0.2) is 0 Å². The topological polar surface area (TPSA) is 139 Å². The predicted octanol–water partition coefficient (Wildman–Crippen LogP) is -2.52. The second-order valence-corrected chi connectivity index (χ2v) is 5.29. The van der Waals surface area contributed by atoms with Crippen LogP contribution in [0.3, 0.4) is 0 Å². The average Bonchev–Trinajstić information content (AvgIpc) is 2.31. The summed E-state index contributed by atoms with van der Waals surface area (Å²) in [4.78, 5) is 0. The van der Waals surface area contributed by atoms with E-state index in [9.17, 15) is 15.3 Å². The molecule has 0 amide bonds. The van der Waals surface area contributed by atoms with Crippen molar-refractivity contribution in [2.75, 3.05) is 6.61 Å². The van der Waals surface area contributed by atoms with Gasteiger partial charge < -0.3 is 32.5 Å². The van der Waals surface area contributed by atoms with Crippen LogP contribution >= 0.6 is 0 Å². The molecule has 0 bridgehead atoms. The van der Waals surface area contributed by atoms with Crippen molar-refractivity contribution in [1.82, 2.24) is 0 Å². The van der Waals surface area contributed by atoms with Gasteiger partial charge in [-0.05, 0) is 12.8 Å². The molecule has 96 valence electrons. The number of nitrogens with two attached hydrogens (primary N) is 3. The van der Waals surface area contributed by atoms with E-state index in [0.717, 1.165) is 0 Å². The highest BCUT2D eigenvalue weighted by Crippen LogP contribution is 2.46. The first-order valence-electron chi connectivity index (χ1n) is 5.43. The maximum Gasteiger partial charge on any atom is 0.134 e. The van der Waals surface area contributed by atoms with Gasteiger partial charge in [0, 0.05) is 6.04 Å². The molecule has 0 radical (unpaired) electrons. The Morgan fingerprint density at radius 3 is 1.81 bits per heavy atom. The molecule has 6 nitrogen and oxygen atoms in total. The Hall–Kier alpha value is -0.240. The third-order valence-electron chi connectivity index (χ3n) is 4.37. The summed E-state index contributed by atoms with van der Waals surface area (Å²) in [6.45, 7) is 4.28. The van der Waals surface area contributed by atoms with Gasteiger partial charge in [0.25, 0.3) is 0 Å². The lowest BCUT2D eigenvalue weighted by Gasteiger charge is -2.46. The second-order valence-electron chi connectivity index (χ2n) is 5.29. The van der Waals surface area contributed by atoms with Crippen molar-refractivity contribution in [3.05, 3.63) is 0 Å². The SMILES string of the molecule is CC(C)C1(N)[C@@H](N)[C@H](N)[C@](O)(CO)[C@]1(C)O. The molecule has 1 rings (SSSR count). The fraction of sp³-hybridized carbons (Fsp3) is 1.00. The lowest BCUT2D eigenvalue weighted by atomic mass is 9.71. The summed E-state index contributed by atoms with van der Waals surface area (Å²) >= 11 is 0. The van der Waals surface area contributed by atoms with E-state index in [4.69, 9.17) is 17.2 Å². The summed E-state index contributed by atoms with van der Waals surface area (Å²) in [6.07, 6.45) is 0. The van der Waals surface area contributed by atoms with E-state index >= 15 is 0 Å². The van der Waals surface area contributed by atoms with E-state index in [1.165, 1.54) is 6.92 Å². The van der Waals surface area contributed by atoms with E-state index in [2.05, 4.69) is 0 Å². The van der Waals surface area contributed by atoms with Crippen molar-refractivity contribution in [3.63, 3.8) is 0 Å². The van der Waals surface area contributed by atoms with Crippen LogP contribution in [0.2, 0.25) is 0 Å². The molecule has 1 saturated carbocycles. The fourth-order valence-electron chi connectivity index (χ4n) is 2.82. The van der Waals surface area contributed by atoms with Crippen molar-refractivity contribution in [2.24, 2.45) is 23.1 Å². The fourth-order valence-corrected chi connectivity index (χ4v) is 2.82. The molecule has 1 fully saturated rings. The van der Waals surface area contributed by atoms with Crippen molar-refractivity contribution >= 4 is 0 Å². The second kappa shape index (κ2) is 3.63. The molecule has 0 heterocycles. The first kappa shape index (κ1) is 13.8. The molecule has 1 unspecified atom stereocenters. The van der Waals surface area contributed by atoms with Gasteiger partial charge in [-0.3, -0.25) is 0 Å². The Morgan fingerprint density at radius 2 is 1.62 bits per heavy atom. The molecule has 0 spiro atoms. The first-order valence-corrected chi connectivity index (χ1v) is 5.43. The molecule has 1 aliphatic carbocycles. The highest BCUT2D eigenvalue weighted by Gasteiger charge is 2.71. The number of aliphatic hydroxyl groups excluding tert-OH is 1. The van der Waals surface area contributed by atoms with Crippen LogP contribution in [0.5, 0.6) is 0 Å². The van der Waals surface area contributed by atoms with Crippen molar-refractivity contribution < 1.29 is 15.3 Å². The van der Waals surface area contributed by atoms with Crippen LogP contribution in [0.25, 0.3) is 0 Å². The maximum absolute atomic E-state index is 10.4. The monoisotopic (exact) mass is 233 g/mol. The number of rotatable bonds is 2. The van der Waals surface area contributed by atoms with E-state index in [-0.39, 0.29) is 5.92 Å². The number of aliphatic hydroxyl groups is 3. The van der Waals surface area contributed by atoms with E-state index in [1.54, 1.807) is 13.8 Å². The molecular formula is C10H23N3O3. The van der Waals surface area contributed by atoms with Gasteiger partial charge in [0.05, 0.1) is 18.2 Å². The Balaban J connectivity index is 3.36. The lowest BCUT2D eigenvalue weighted by Crippen LogP contribution is -2.71. The third-order valence-corrected chi connectivity index (χ3v) is 4.37. The summed E-state index contributed by atoms with van der Waals surface area (Å²) in [6, 6.07) is -1.76. The minimum atomic E-state index is -1.88. The minimum absolute atomic E-state index is 0.191. The third kappa shape index (κ3) is 1.23. The smallest absolute Gasteiger partial charge is 0.134 e. The van der Waals surface area contributed by atoms with Crippen LogP contribution in [-0.2, 0) is 0 Å². The molecule has 0 aromatic heterocycles. The lowest BCUT2D eigenvalue weighted by molar-refractivity contribution is -0.174. The van der Waals surface area contributed by atoms with Crippen LogP contribution in [0.4, 0.5) is 0 Å². The molecular weight excluding hydrogens is 210 g/mol. The van der Waals surface area contributed by atoms with Crippen molar-refractivity contribution in [3.8, 4) is 0 Å². The summed E-state index contributed by atoms with van der Waals surface area (Å²) in [5.41, 5.74) is 12.9. The van der Waals surface area contributed by atoms with E-state index in [0.29, 0.717) is 0 Å². The molecule has 0 aromatic rings. The zero-order valence-corrected chi connectivity index (χ0v) is 10.0. The Morgan fingerprint density at radius 1 is 1.19 bits per heavy atom. The van der Waals surface area contributed by atoms with E-state index < -0.39 is 35.4 Å². The number of hydrogen-bond acceptors (Lipinski definition) is 6. The standard InChI is InChI=1S/C10H23N3O3/c1-5(2)10(13)7(12)6(11)9(16,4-14)8(10,3)15/h5-7,14-16H,4,11-13H2,1-3H3/t6-,7-,8-,9+,10?/m0/s1. The van der Waals surface area contributed by atoms with Crippen LogP contribution in [-0.4, -0.2) is 50.8 Å². The summed E-state index contributed by atoms with van der Waals surface area (Å²) in [7, 11) is 0. The van der Waals surface area contributed by atoms with Gasteiger partial charge in [-0.2, -0.15) is 0 Å². The van der Waals surface area contributed by atoms with Crippen LogP contribution in [0.1, 0.15) is 20.8 Å². The number of hydrogen-bond donors (Lipinski definition) is 6. The van der Waals surface area contributed by atoms with Gasteiger partial charge in [0.15, 0.2) is 0 Å². The van der Waals surface area contributed by atoms with Crippen LogP contribution < -0.4 is 17.2 Å². The molecule has 16 heavy (non-hydrogen) atoms. The Labute approximate surface area is 95.4 Å². The molecule has 0 aromatic carbocycles. The average molecular weight is 233 g/mol. The zero-order chi connectivity index (χ0) is 12.9. The molecule has 9 N–H and O–H groups in total. The first-order chi connectivity index (χ1) is 7.07. The predicted molar refractivity (Wildman–Crippen MR) is 60.4 cm³/mol. The van der Waals surface area contributed by atoms with Gasteiger partial charge >= 0.3 is 0 Å². The van der Waals surface area contributed by atoms with Crippen LogP contribution in [0, 0.1) is 5.92 Å². The highest BCUT2D eigenvalue weighted by molar-refractivity contribution is 5.30. The quantitative estimate of drug-likeness (QED) is 0.311. The molecule has 0 saturated heterocycles. The largest absolute Gasteiger partial charge is 0.393 e. The highest BCUT2D eigenvalue weighted by atomic mass is 16.4. The molecule has 5 atom stereocenters. The Kier molecular flexibility index (Phi) is 3.13. The molecule has 6 heteroatoms.